The van der Waals surface area contributed by atoms with Crippen LogP contribution in [0.5, 0.6) is 0 Å². The first-order chi connectivity index (χ1) is 9.64. The van der Waals surface area contributed by atoms with E-state index in [1.165, 1.54) is 25.7 Å². The number of furan rings is 1. The zero-order valence-corrected chi connectivity index (χ0v) is 13.0. The molecule has 1 aromatic heterocycles. The maximum absolute atomic E-state index is 6.23. The molecule has 20 heavy (non-hydrogen) atoms. The molecule has 2 nitrogen and oxygen atoms in total. The summed E-state index contributed by atoms with van der Waals surface area (Å²) in [5.41, 5.74) is 1.10. The molecule has 2 aromatic rings. The summed E-state index contributed by atoms with van der Waals surface area (Å²) < 4.78 is 6.10. The summed E-state index contributed by atoms with van der Waals surface area (Å²) in [6.45, 7) is 5.48. The van der Waals surface area contributed by atoms with Gasteiger partial charge in [0.1, 0.15) is 5.76 Å². The Labute approximate surface area is 125 Å². The van der Waals surface area contributed by atoms with E-state index in [1.54, 1.807) is 0 Å². The van der Waals surface area contributed by atoms with E-state index in [2.05, 4.69) is 31.3 Å². The maximum Gasteiger partial charge on any atom is 0.152 e. The van der Waals surface area contributed by atoms with Crippen molar-refractivity contribution >= 4 is 22.6 Å². The summed E-state index contributed by atoms with van der Waals surface area (Å²) in [6, 6.07) is 8.35. The number of fused-ring (bicyclic) bond motifs is 1. The fraction of sp³-hybridized carbons (Fsp3) is 0.529. The second-order valence-electron chi connectivity index (χ2n) is 6.16. The summed E-state index contributed by atoms with van der Waals surface area (Å²) in [6.07, 6.45) is 5.16. The Balaban J connectivity index is 2.03. The van der Waals surface area contributed by atoms with Crippen molar-refractivity contribution in [3.8, 4) is 0 Å². The highest BCUT2D eigenvalue weighted by Crippen LogP contribution is 2.48. The van der Waals surface area contributed by atoms with Crippen LogP contribution in [0, 0.1) is 5.41 Å². The lowest BCUT2D eigenvalue weighted by atomic mass is 9.79. The van der Waals surface area contributed by atoms with Crippen molar-refractivity contribution in [2.75, 3.05) is 6.54 Å². The summed E-state index contributed by atoms with van der Waals surface area (Å²) in [5.74, 6) is 1.03. The minimum atomic E-state index is 0.276. The van der Waals surface area contributed by atoms with Gasteiger partial charge in [-0.25, -0.2) is 0 Å². The van der Waals surface area contributed by atoms with E-state index >= 15 is 0 Å². The Hall–Kier alpha value is -0.990. The van der Waals surface area contributed by atoms with Gasteiger partial charge in [-0.1, -0.05) is 50.4 Å². The van der Waals surface area contributed by atoms with E-state index in [1.807, 2.05) is 12.1 Å². The lowest BCUT2D eigenvalue weighted by molar-refractivity contribution is 0.202. The highest BCUT2D eigenvalue weighted by Gasteiger charge is 2.39. The summed E-state index contributed by atoms with van der Waals surface area (Å²) >= 11 is 6.23. The molecule has 1 atom stereocenters. The van der Waals surface area contributed by atoms with Gasteiger partial charge in [0, 0.05) is 5.39 Å². The van der Waals surface area contributed by atoms with Crippen LogP contribution in [0.3, 0.4) is 0 Å². The van der Waals surface area contributed by atoms with E-state index < -0.39 is 0 Å². The third-order valence-corrected chi connectivity index (χ3v) is 4.95. The molecule has 1 heterocycles. The standard InChI is InChI=1S/C17H22ClNO/c1-3-19-16(17(2)9-4-5-10-17)14-11-12-7-6-8-13(18)15(12)20-14/h6-8,11,16,19H,3-5,9-10H2,1-2H3. The van der Waals surface area contributed by atoms with Crippen molar-refractivity contribution < 1.29 is 4.42 Å². The first kappa shape index (κ1) is 14.0. The Kier molecular flexibility index (Phi) is 3.78. The number of benzene rings is 1. The molecule has 3 heteroatoms. The molecule has 0 spiro atoms. The molecular formula is C17H22ClNO. The maximum atomic E-state index is 6.23. The van der Waals surface area contributed by atoms with E-state index in [-0.39, 0.29) is 11.5 Å². The predicted molar refractivity (Wildman–Crippen MR) is 84.2 cm³/mol. The van der Waals surface area contributed by atoms with Gasteiger partial charge in [0.15, 0.2) is 5.58 Å². The molecule has 0 bridgehead atoms. The Morgan fingerprint density at radius 3 is 2.75 bits per heavy atom. The lowest BCUT2D eigenvalue weighted by Gasteiger charge is -2.33. The van der Waals surface area contributed by atoms with Crippen LogP contribution in [0.1, 0.15) is 51.3 Å². The van der Waals surface area contributed by atoms with Gasteiger partial charge < -0.3 is 9.73 Å². The quantitative estimate of drug-likeness (QED) is 0.825. The van der Waals surface area contributed by atoms with Gasteiger partial charge >= 0.3 is 0 Å². The number of halogens is 1. The fourth-order valence-corrected chi connectivity index (χ4v) is 3.78. The Morgan fingerprint density at radius 2 is 2.10 bits per heavy atom. The molecule has 0 aliphatic heterocycles. The van der Waals surface area contributed by atoms with Crippen molar-refractivity contribution in [3.63, 3.8) is 0 Å². The SMILES string of the molecule is CCNC(c1cc2cccc(Cl)c2o1)C1(C)CCCC1. The Morgan fingerprint density at radius 1 is 1.35 bits per heavy atom. The molecule has 3 rings (SSSR count). The zero-order chi connectivity index (χ0) is 14.2. The van der Waals surface area contributed by atoms with Crippen LogP contribution in [0.4, 0.5) is 0 Å². The van der Waals surface area contributed by atoms with Crippen LogP contribution in [0.25, 0.3) is 11.0 Å². The van der Waals surface area contributed by atoms with E-state index in [4.69, 9.17) is 16.0 Å². The van der Waals surface area contributed by atoms with Crippen molar-refractivity contribution in [1.82, 2.24) is 5.32 Å². The summed E-state index contributed by atoms with van der Waals surface area (Å²) in [5, 5.41) is 5.41. The van der Waals surface area contributed by atoms with Gasteiger partial charge in [-0.3, -0.25) is 0 Å². The number of rotatable bonds is 4. The molecule has 1 unspecified atom stereocenters. The molecule has 0 saturated heterocycles. The minimum absolute atomic E-state index is 0.276. The van der Waals surface area contributed by atoms with Gasteiger partial charge in [-0.15, -0.1) is 0 Å². The highest BCUT2D eigenvalue weighted by molar-refractivity contribution is 6.34. The van der Waals surface area contributed by atoms with E-state index in [0.717, 1.165) is 23.3 Å². The second kappa shape index (κ2) is 5.42. The highest BCUT2D eigenvalue weighted by atomic mass is 35.5. The number of hydrogen-bond acceptors (Lipinski definition) is 2. The minimum Gasteiger partial charge on any atom is -0.458 e. The second-order valence-corrected chi connectivity index (χ2v) is 6.57. The molecular weight excluding hydrogens is 270 g/mol. The van der Waals surface area contributed by atoms with Crippen LogP contribution >= 0.6 is 11.6 Å². The smallest absolute Gasteiger partial charge is 0.152 e. The predicted octanol–water partition coefficient (Wildman–Crippen LogP) is 5.32. The number of para-hydroxylation sites is 1. The number of hydrogen-bond donors (Lipinski definition) is 1. The van der Waals surface area contributed by atoms with Crippen LogP contribution < -0.4 is 5.32 Å². The van der Waals surface area contributed by atoms with Gasteiger partial charge in [0.25, 0.3) is 0 Å². The molecule has 1 fully saturated rings. The molecule has 0 radical (unpaired) electrons. The molecule has 1 aromatic carbocycles. The molecule has 108 valence electrons. The number of nitrogens with one attached hydrogen (secondary N) is 1. The third kappa shape index (κ3) is 2.36. The normalized spacial score (nSPS) is 19.6. The van der Waals surface area contributed by atoms with Crippen LogP contribution in [0.15, 0.2) is 28.7 Å². The van der Waals surface area contributed by atoms with Crippen molar-refractivity contribution in [2.45, 2.75) is 45.6 Å². The zero-order valence-electron chi connectivity index (χ0n) is 12.2. The monoisotopic (exact) mass is 291 g/mol. The van der Waals surface area contributed by atoms with Crippen molar-refractivity contribution in [2.24, 2.45) is 5.41 Å². The topological polar surface area (TPSA) is 25.2 Å². The molecule has 1 aliphatic carbocycles. The lowest BCUT2D eigenvalue weighted by Crippen LogP contribution is -2.34. The van der Waals surface area contributed by atoms with Crippen molar-refractivity contribution in [3.05, 3.63) is 35.0 Å². The van der Waals surface area contributed by atoms with Gasteiger partial charge in [0.2, 0.25) is 0 Å². The molecule has 1 saturated carbocycles. The molecule has 1 N–H and O–H groups in total. The fourth-order valence-electron chi connectivity index (χ4n) is 3.56. The third-order valence-electron chi connectivity index (χ3n) is 4.65. The van der Waals surface area contributed by atoms with Gasteiger partial charge in [-0.2, -0.15) is 0 Å². The van der Waals surface area contributed by atoms with Crippen molar-refractivity contribution in [1.29, 1.82) is 0 Å². The van der Waals surface area contributed by atoms with Crippen LogP contribution in [0.2, 0.25) is 5.02 Å². The first-order valence-corrected chi connectivity index (χ1v) is 7.93. The van der Waals surface area contributed by atoms with Crippen LogP contribution in [-0.2, 0) is 0 Å². The van der Waals surface area contributed by atoms with Crippen LogP contribution in [-0.4, -0.2) is 6.54 Å². The van der Waals surface area contributed by atoms with Gasteiger partial charge in [-0.05, 0) is 36.9 Å². The van der Waals surface area contributed by atoms with E-state index in [9.17, 15) is 0 Å². The van der Waals surface area contributed by atoms with Gasteiger partial charge in [0.05, 0.1) is 11.1 Å². The Bertz CT molecular complexity index is 598. The average molecular weight is 292 g/mol. The largest absolute Gasteiger partial charge is 0.458 e. The summed E-state index contributed by atoms with van der Waals surface area (Å²) in [7, 11) is 0. The molecule has 0 amide bonds. The molecule has 1 aliphatic rings. The first-order valence-electron chi connectivity index (χ1n) is 7.55. The average Bonchev–Trinajstić information content (AvgIpc) is 3.04. The summed E-state index contributed by atoms with van der Waals surface area (Å²) in [4.78, 5) is 0. The van der Waals surface area contributed by atoms with E-state index in [0.29, 0.717) is 5.02 Å².